The van der Waals surface area contributed by atoms with Gasteiger partial charge < -0.3 is 16.0 Å². The van der Waals surface area contributed by atoms with E-state index in [1.165, 1.54) is 0 Å². The van der Waals surface area contributed by atoms with Crippen molar-refractivity contribution in [2.24, 2.45) is 0 Å². The van der Waals surface area contributed by atoms with Crippen molar-refractivity contribution in [1.82, 2.24) is 16.0 Å². The Balaban J connectivity index is 4.43. The number of nitrogens with one attached hydrogen (secondary N) is 3. The Hall–Kier alpha value is -1.85. The molecule has 0 aliphatic heterocycles. The lowest BCUT2D eigenvalue weighted by Gasteiger charge is -2.18. The highest BCUT2D eigenvalue weighted by Gasteiger charge is 2.21. The van der Waals surface area contributed by atoms with Gasteiger partial charge in [0.2, 0.25) is 17.7 Å². The van der Waals surface area contributed by atoms with Crippen LogP contribution in [0.3, 0.4) is 0 Å². The minimum atomic E-state index is -0.651. The third kappa shape index (κ3) is 15.0. The van der Waals surface area contributed by atoms with Crippen molar-refractivity contribution >= 4 is 17.7 Å². The third-order valence-corrected chi connectivity index (χ3v) is 4.25. The van der Waals surface area contributed by atoms with Crippen LogP contribution in [0.25, 0.3) is 0 Å². The van der Waals surface area contributed by atoms with Crippen LogP contribution >= 0.6 is 0 Å². The van der Waals surface area contributed by atoms with Crippen LogP contribution < -0.4 is 16.0 Å². The predicted molar refractivity (Wildman–Crippen MR) is 110 cm³/mol. The van der Waals surface area contributed by atoms with E-state index in [1.807, 2.05) is 13.0 Å². The maximum absolute atomic E-state index is 12.4. The summed E-state index contributed by atoms with van der Waals surface area (Å²) >= 11 is 0. The van der Waals surface area contributed by atoms with Gasteiger partial charge in [0.1, 0.15) is 6.04 Å². The summed E-state index contributed by atoms with van der Waals surface area (Å²) in [4.78, 5) is 36.4. The molecule has 0 spiro atoms. The molecule has 0 aromatic heterocycles. The zero-order valence-corrected chi connectivity index (χ0v) is 17.4. The van der Waals surface area contributed by atoms with E-state index in [1.54, 1.807) is 0 Å². The van der Waals surface area contributed by atoms with Gasteiger partial charge in [0.25, 0.3) is 0 Å². The van der Waals surface area contributed by atoms with Crippen molar-refractivity contribution in [3.05, 3.63) is 12.2 Å². The molecule has 6 heteroatoms. The first-order chi connectivity index (χ1) is 13.0. The Morgan fingerprint density at radius 1 is 0.852 bits per heavy atom. The van der Waals surface area contributed by atoms with Crippen molar-refractivity contribution in [3.8, 4) is 0 Å². The van der Waals surface area contributed by atoms with Gasteiger partial charge in [-0.1, -0.05) is 38.8 Å². The molecule has 0 rings (SSSR count). The summed E-state index contributed by atoms with van der Waals surface area (Å²) in [6, 6.07) is -0.651. The largest absolute Gasteiger partial charge is 0.356 e. The number of unbranched alkanes of at least 4 members (excludes halogenated alkanes) is 4. The second-order valence-electron chi connectivity index (χ2n) is 6.82. The van der Waals surface area contributed by atoms with Gasteiger partial charge in [-0.25, -0.2) is 0 Å². The molecule has 156 valence electrons. The molecule has 3 amide bonds. The molecule has 0 aliphatic rings. The fraction of sp³-hybridized carbons (Fsp3) is 0.762. The molecule has 0 aliphatic carbocycles. The van der Waals surface area contributed by atoms with Crippen LogP contribution in [0.15, 0.2) is 12.2 Å². The molecule has 0 saturated heterocycles. The van der Waals surface area contributed by atoms with Crippen molar-refractivity contribution in [2.75, 3.05) is 13.1 Å². The molecule has 0 fully saturated rings. The standard InChI is InChI=1S/C21H39N3O3/c1-4-7-10-11-12-13-20(26)24-18(21(27)23-17-9-6-3)14-15-19(25)22-16-8-5-2/h4,7,18H,5-6,8-17H2,1-3H3,(H,22,25)(H,23,27)(H,24,26)/b7-4+/t18-/m0/s1. The highest BCUT2D eigenvalue weighted by molar-refractivity contribution is 5.88. The molecule has 3 N–H and O–H groups in total. The summed E-state index contributed by atoms with van der Waals surface area (Å²) < 4.78 is 0. The summed E-state index contributed by atoms with van der Waals surface area (Å²) in [5, 5.41) is 8.51. The molecule has 0 aromatic rings. The monoisotopic (exact) mass is 381 g/mol. The summed E-state index contributed by atoms with van der Waals surface area (Å²) in [6.07, 6.45) is 11.6. The van der Waals surface area contributed by atoms with Crippen molar-refractivity contribution in [2.45, 2.75) is 91.0 Å². The molecule has 0 radical (unpaired) electrons. The molecule has 1 atom stereocenters. The van der Waals surface area contributed by atoms with Crippen molar-refractivity contribution in [1.29, 1.82) is 0 Å². The normalized spacial score (nSPS) is 12.0. The molecule has 0 saturated carbocycles. The number of hydrogen-bond donors (Lipinski definition) is 3. The molecule has 27 heavy (non-hydrogen) atoms. The average Bonchev–Trinajstić information content (AvgIpc) is 2.65. The molecular weight excluding hydrogens is 342 g/mol. The van der Waals surface area contributed by atoms with Gasteiger partial charge in [-0.2, -0.15) is 0 Å². The number of carbonyl (C=O) groups is 3. The molecular formula is C21H39N3O3. The van der Waals surface area contributed by atoms with Crippen molar-refractivity contribution in [3.63, 3.8) is 0 Å². The summed E-state index contributed by atoms with van der Waals surface area (Å²) in [6.45, 7) is 7.35. The molecule has 6 nitrogen and oxygen atoms in total. The van der Waals surface area contributed by atoms with E-state index in [0.717, 1.165) is 44.9 Å². The first kappa shape index (κ1) is 25.1. The van der Waals surface area contributed by atoms with E-state index < -0.39 is 6.04 Å². The molecule has 0 heterocycles. The highest BCUT2D eigenvalue weighted by Crippen LogP contribution is 2.04. The fourth-order valence-electron chi connectivity index (χ4n) is 2.53. The van der Waals surface area contributed by atoms with Crippen molar-refractivity contribution < 1.29 is 14.4 Å². The van der Waals surface area contributed by atoms with E-state index >= 15 is 0 Å². The lowest BCUT2D eigenvalue weighted by atomic mass is 10.1. The maximum Gasteiger partial charge on any atom is 0.242 e. The van der Waals surface area contributed by atoms with Gasteiger partial charge in [0.05, 0.1) is 0 Å². The van der Waals surface area contributed by atoms with E-state index in [0.29, 0.717) is 25.9 Å². The second-order valence-corrected chi connectivity index (χ2v) is 6.82. The number of amides is 3. The molecule has 0 bridgehead atoms. The van der Waals surface area contributed by atoms with Gasteiger partial charge in [-0.15, -0.1) is 0 Å². The van der Waals surface area contributed by atoms with E-state index in [9.17, 15) is 14.4 Å². The molecule has 0 unspecified atom stereocenters. The van der Waals surface area contributed by atoms with Gasteiger partial charge in [-0.3, -0.25) is 14.4 Å². The predicted octanol–water partition coefficient (Wildman–Crippen LogP) is 3.22. The van der Waals surface area contributed by atoms with Gasteiger partial charge >= 0.3 is 0 Å². The lowest BCUT2D eigenvalue weighted by molar-refractivity contribution is -0.129. The van der Waals surface area contributed by atoms with Crippen LogP contribution in [0.5, 0.6) is 0 Å². The number of hydrogen-bond acceptors (Lipinski definition) is 3. The zero-order valence-electron chi connectivity index (χ0n) is 17.4. The Morgan fingerprint density at radius 2 is 1.52 bits per heavy atom. The molecule has 0 aromatic carbocycles. The summed E-state index contributed by atoms with van der Waals surface area (Å²) in [7, 11) is 0. The van der Waals surface area contributed by atoms with Crippen LogP contribution in [-0.2, 0) is 14.4 Å². The first-order valence-corrected chi connectivity index (χ1v) is 10.5. The highest BCUT2D eigenvalue weighted by atomic mass is 16.2. The average molecular weight is 382 g/mol. The quantitative estimate of drug-likeness (QED) is 0.283. The topological polar surface area (TPSA) is 87.3 Å². The number of rotatable bonds is 16. The van der Waals surface area contributed by atoms with Crippen LogP contribution in [0.4, 0.5) is 0 Å². The van der Waals surface area contributed by atoms with E-state index in [2.05, 4.69) is 35.9 Å². The summed E-state index contributed by atoms with van der Waals surface area (Å²) in [5.74, 6) is -0.403. The Morgan fingerprint density at radius 3 is 2.15 bits per heavy atom. The first-order valence-electron chi connectivity index (χ1n) is 10.5. The third-order valence-electron chi connectivity index (χ3n) is 4.25. The van der Waals surface area contributed by atoms with Crippen LogP contribution in [-0.4, -0.2) is 36.9 Å². The number of allylic oxidation sites excluding steroid dienone is 2. The second kappa shape index (κ2) is 17.6. The summed E-state index contributed by atoms with van der Waals surface area (Å²) in [5.41, 5.74) is 0. The smallest absolute Gasteiger partial charge is 0.242 e. The Kier molecular flexibility index (Phi) is 16.4. The number of carbonyl (C=O) groups excluding carboxylic acids is 3. The maximum atomic E-state index is 12.4. The SMILES string of the molecule is C/C=C/CCCCC(=O)N[C@@H](CCC(=O)NCCCC)C(=O)NCCCC. The Labute approximate surface area is 164 Å². The van der Waals surface area contributed by atoms with Crippen LogP contribution in [0.2, 0.25) is 0 Å². The minimum Gasteiger partial charge on any atom is -0.356 e. The Bertz CT molecular complexity index is 450. The minimum absolute atomic E-state index is 0.0737. The van der Waals surface area contributed by atoms with Crippen LogP contribution in [0.1, 0.15) is 85.0 Å². The fourth-order valence-corrected chi connectivity index (χ4v) is 2.53. The lowest BCUT2D eigenvalue weighted by Crippen LogP contribution is -2.47. The van der Waals surface area contributed by atoms with Gasteiger partial charge in [0, 0.05) is 25.9 Å². The van der Waals surface area contributed by atoms with Gasteiger partial charge in [-0.05, 0) is 45.4 Å². The van der Waals surface area contributed by atoms with Gasteiger partial charge in [0.15, 0.2) is 0 Å². The zero-order chi connectivity index (χ0) is 20.3. The van der Waals surface area contributed by atoms with E-state index in [4.69, 9.17) is 0 Å². The van der Waals surface area contributed by atoms with E-state index in [-0.39, 0.29) is 24.1 Å². The van der Waals surface area contributed by atoms with Crippen LogP contribution in [0, 0.1) is 0 Å².